The third-order valence-electron chi connectivity index (χ3n) is 2.46. The Morgan fingerprint density at radius 2 is 1.73 bits per heavy atom. The molecule has 1 unspecified atom stereocenters. The Hall–Kier alpha value is -0.740. The lowest BCUT2D eigenvalue weighted by Crippen LogP contribution is -2.40. The van der Waals surface area contributed by atoms with E-state index in [4.69, 9.17) is 0 Å². The highest BCUT2D eigenvalue weighted by molar-refractivity contribution is 5.73. The van der Waals surface area contributed by atoms with E-state index < -0.39 is 18.6 Å². The van der Waals surface area contributed by atoms with Crippen molar-refractivity contribution >= 4 is 5.91 Å². The maximum Gasteiger partial charge on any atom is 0.406 e. The molecule has 0 saturated heterocycles. The maximum atomic E-state index is 12.1. The van der Waals surface area contributed by atoms with Crippen LogP contribution in [0.1, 0.15) is 27.7 Å². The first-order valence-electron chi connectivity index (χ1n) is 4.95. The summed E-state index contributed by atoms with van der Waals surface area (Å²) in [5.41, 5.74) is 0. The van der Waals surface area contributed by atoms with E-state index in [9.17, 15) is 18.0 Å². The smallest absolute Gasteiger partial charge is 0.334 e. The zero-order valence-electron chi connectivity index (χ0n) is 9.56. The number of halogens is 3. The molecule has 5 heteroatoms. The van der Waals surface area contributed by atoms with Gasteiger partial charge in [-0.25, -0.2) is 0 Å². The molecule has 0 radical (unpaired) electrons. The molecular formula is C10H18F3NO. The standard InChI is InChI=1S/C10H18F3NO/c1-7(2)8(3)5-14(9(4)15)6-10(11,12)13/h7-8H,5-6H2,1-4H3. The predicted octanol–water partition coefficient (Wildman–Crippen LogP) is 2.69. The van der Waals surface area contributed by atoms with Gasteiger partial charge < -0.3 is 4.90 Å². The van der Waals surface area contributed by atoms with Crippen molar-refractivity contribution in [1.82, 2.24) is 4.90 Å². The van der Waals surface area contributed by atoms with Crippen molar-refractivity contribution in [2.75, 3.05) is 13.1 Å². The Morgan fingerprint density at radius 1 is 1.27 bits per heavy atom. The number of nitrogens with zero attached hydrogens (tertiary/aromatic N) is 1. The summed E-state index contributed by atoms with van der Waals surface area (Å²) in [6.07, 6.45) is -4.32. The summed E-state index contributed by atoms with van der Waals surface area (Å²) < 4.78 is 36.4. The number of alkyl halides is 3. The van der Waals surface area contributed by atoms with Crippen molar-refractivity contribution in [3.8, 4) is 0 Å². The molecule has 0 aromatic rings. The molecule has 0 aliphatic heterocycles. The van der Waals surface area contributed by atoms with Gasteiger partial charge in [0.15, 0.2) is 0 Å². The third-order valence-corrected chi connectivity index (χ3v) is 2.46. The highest BCUT2D eigenvalue weighted by Crippen LogP contribution is 2.19. The minimum atomic E-state index is -4.32. The first-order valence-corrected chi connectivity index (χ1v) is 4.95. The lowest BCUT2D eigenvalue weighted by molar-refractivity contribution is -0.161. The van der Waals surface area contributed by atoms with Crippen LogP contribution >= 0.6 is 0 Å². The Balaban J connectivity index is 4.36. The Kier molecular flexibility index (Phi) is 5.11. The number of hydrogen-bond acceptors (Lipinski definition) is 1. The van der Waals surface area contributed by atoms with Gasteiger partial charge >= 0.3 is 6.18 Å². The Bertz CT molecular complexity index is 213. The maximum absolute atomic E-state index is 12.1. The van der Waals surface area contributed by atoms with Gasteiger partial charge in [-0.2, -0.15) is 13.2 Å². The number of amides is 1. The number of carbonyl (C=O) groups is 1. The van der Waals surface area contributed by atoms with Crippen molar-refractivity contribution in [1.29, 1.82) is 0 Å². The summed E-state index contributed by atoms with van der Waals surface area (Å²) in [7, 11) is 0. The molecule has 0 aliphatic carbocycles. The van der Waals surface area contributed by atoms with Gasteiger partial charge in [0, 0.05) is 13.5 Å². The average molecular weight is 225 g/mol. The third kappa shape index (κ3) is 6.36. The summed E-state index contributed by atoms with van der Waals surface area (Å²) in [6.45, 7) is 5.87. The molecule has 0 bridgehead atoms. The summed E-state index contributed by atoms with van der Waals surface area (Å²) in [5.74, 6) is -0.198. The van der Waals surface area contributed by atoms with E-state index in [0.717, 1.165) is 4.90 Å². The van der Waals surface area contributed by atoms with Gasteiger partial charge in [-0.15, -0.1) is 0 Å². The van der Waals surface area contributed by atoms with Crippen LogP contribution in [0.25, 0.3) is 0 Å². The second-order valence-corrected chi connectivity index (χ2v) is 4.24. The molecule has 0 aromatic heterocycles. The molecule has 0 N–H and O–H groups in total. The van der Waals surface area contributed by atoms with Crippen LogP contribution in [0.5, 0.6) is 0 Å². The Morgan fingerprint density at radius 3 is 2.00 bits per heavy atom. The SMILES string of the molecule is CC(=O)N(CC(C)C(C)C)CC(F)(F)F. The largest absolute Gasteiger partial charge is 0.406 e. The van der Waals surface area contributed by atoms with Gasteiger partial charge in [0.2, 0.25) is 5.91 Å². The number of carbonyl (C=O) groups excluding carboxylic acids is 1. The molecule has 15 heavy (non-hydrogen) atoms. The topological polar surface area (TPSA) is 20.3 Å². The molecule has 0 saturated carbocycles. The normalized spacial score (nSPS) is 14.1. The van der Waals surface area contributed by atoms with Crippen LogP contribution in [0, 0.1) is 11.8 Å². The molecule has 0 aliphatic rings. The van der Waals surface area contributed by atoms with Crippen LogP contribution in [0.3, 0.4) is 0 Å². The molecule has 0 rings (SSSR count). The van der Waals surface area contributed by atoms with E-state index in [-0.39, 0.29) is 18.4 Å². The summed E-state index contributed by atoms with van der Waals surface area (Å²) in [5, 5.41) is 0. The number of rotatable bonds is 4. The van der Waals surface area contributed by atoms with Gasteiger partial charge in [-0.1, -0.05) is 20.8 Å². The lowest BCUT2D eigenvalue weighted by Gasteiger charge is -2.27. The zero-order valence-corrected chi connectivity index (χ0v) is 9.56. The predicted molar refractivity (Wildman–Crippen MR) is 52.3 cm³/mol. The molecule has 0 fully saturated rings. The highest BCUT2D eigenvalue weighted by Gasteiger charge is 2.32. The molecule has 0 spiro atoms. The van der Waals surface area contributed by atoms with E-state index in [1.165, 1.54) is 6.92 Å². The van der Waals surface area contributed by atoms with Crippen molar-refractivity contribution in [2.45, 2.75) is 33.9 Å². The fourth-order valence-corrected chi connectivity index (χ4v) is 1.08. The summed E-state index contributed by atoms with van der Waals surface area (Å²) in [6, 6.07) is 0. The van der Waals surface area contributed by atoms with Crippen LogP contribution in [0.15, 0.2) is 0 Å². The van der Waals surface area contributed by atoms with E-state index in [0.29, 0.717) is 0 Å². The fourth-order valence-electron chi connectivity index (χ4n) is 1.08. The van der Waals surface area contributed by atoms with Gasteiger partial charge in [0.05, 0.1) is 0 Å². The fraction of sp³-hybridized carbons (Fsp3) is 0.900. The van der Waals surface area contributed by atoms with Gasteiger partial charge in [0.25, 0.3) is 0 Å². The quantitative estimate of drug-likeness (QED) is 0.720. The van der Waals surface area contributed by atoms with Crippen LogP contribution in [-0.2, 0) is 4.79 Å². The molecule has 0 aromatic carbocycles. The second-order valence-electron chi connectivity index (χ2n) is 4.24. The zero-order chi connectivity index (χ0) is 12.2. The minimum absolute atomic E-state index is 0.0660. The van der Waals surface area contributed by atoms with E-state index >= 15 is 0 Å². The second kappa shape index (κ2) is 5.37. The molecule has 2 nitrogen and oxygen atoms in total. The lowest BCUT2D eigenvalue weighted by atomic mass is 9.97. The van der Waals surface area contributed by atoms with E-state index in [2.05, 4.69) is 0 Å². The molecule has 90 valence electrons. The minimum Gasteiger partial charge on any atom is -0.334 e. The molecule has 0 heterocycles. The molecule has 1 atom stereocenters. The van der Waals surface area contributed by atoms with E-state index in [1.807, 2.05) is 20.8 Å². The molecular weight excluding hydrogens is 207 g/mol. The highest BCUT2D eigenvalue weighted by atomic mass is 19.4. The van der Waals surface area contributed by atoms with Crippen molar-refractivity contribution in [2.24, 2.45) is 11.8 Å². The van der Waals surface area contributed by atoms with Crippen LogP contribution in [-0.4, -0.2) is 30.1 Å². The van der Waals surface area contributed by atoms with Crippen molar-refractivity contribution in [3.05, 3.63) is 0 Å². The van der Waals surface area contributed by atoms with Gasteiger partial charge in [-0.05, 0) is 11.8 Å². The van der Waals surface area contributed by atoms with Gasteiger partial charge in [0.1, 0.15) is 6.54 Å². The summed E-state index contributed by atoms with van der Waals surface area (Å²) in [4.78, 5) is 11.9. The molecule has 1 amide bonds. The van der Waals surface area contributed by atoms with Gasteiger partial charge in [-0.3, -0.25) is 4.79 Å². The van der Waals surface area contributed by atoms with Crippen LogP contribution in [0.2, 0.25) is 0 Å². The first-order chi connectivity index (χ1) is 6.63. The van der Waals surface area contributed by atoms with Crippen molar-refractivity contribution < 1.29 is 18.0 Å². The van der Waals surface area contributed by atoms with Crippen LogP contribution < -0.4 is 0 Å². The first kappa shape index (κ1) is 14.3. The van der Waals surface area contributed by atoms with E-state index in [1.54, 1.807) is 0 Å². The monoisotopic (exact) mass is 225 g/mol. The van der Waals surface area contributed by atoms with Crippen molar-refractivity contribution in [3.63, 3.8) is 0 Å². The summed E-state index contributed by atoms with van der Waals surface area (Å²) >= 11 is 0. The number of hydrogen-bond donors (Lipinski definition) is 0. The van der Waals surface area contributed by atoms with Crippen LogP contribution in [0.4, 0.5) is 13.2 Å². The Labute approximate surface area is 88.4 Å². The average Bonchev–Trinajstić information content (AvgIpc) is 1.99.